The second-order valence-electron chi connectivity index (χ2n) is 12.7. The van der Waals surface area contributed by atoms with E-state index in [1.54, 1.807) is 57.0 Å². The van der Waals surface area contributed by atoms with Crippen LogP contribution < -0.4 is 15.4 Å². The minimum absolute atomic E-state index is 0.214. The number of anilines is 1. The van der Waals surface area contributed by atoms with Gasteiger partial charge in [-0.25, -0.2) is 4.79 Å². The van der Waals surface area contributed by atoms with Gasteiger partial charge in [-0.1, -0.05) is 48.5 Å². The van der Waals surface area contributed by atoms with Crippen molar-refractivity contribution in [3.8, 4) is 5.75 Å². The largest absolute Gasteiger partial charge is 0.497 e. The van der Waals surface area contributed by atoms with Crippen LogP contribution in [0.2, 0.25) is 0 Å². The molecule has 0 heterocycles. The summed E-state index contributed by atoms with van der Waals surface area (Å²) in [6.07, 6.45) is -0.494. The van der Waals surface area contributed by atoms with Crippen molar-refractivity contribution in [3.63, 3.8) is 0 Å². The number of amides is 3. The summed E-state index contributed by atoms with van der Waals surface area (Å²) in [6.45, 7) is 14.9. The number of benzene rings is 3. The molecule has 230 valence electrons. The molecule has 3 aromatic carbocycles. The number of nitrogens with one attached hydrogen (secondary N) is 2. The molecule has 0 saturated carbocycles. The zero-order chi connectivity index (χ0) is 31.9. The molecule has 8 nitrogen and oxygen atoms in total. The average Bonchev–Trinajstić information content (AvgIpc) is 2.92. The highest BCUT2D eigenvalue weighted by atomic mass is 16.6. The minimum atomic E-state index is -1.01. The molecule has 0 aliphatic heterocycles. The van der Waals surface area contributed by atoms with E-state index in [-0.39, 0.29) is 12.3 Å². The van der Waals surface area contributed by atoms with Crippen LogP contribution in [0.25, 0.3) is 0 Å². The lowest BCUT2D eigenvalue weighted by Crippen LogP contribution is -2.58. The number of ether oxygens (including phenoxy) is 2. The molecular weight excluding hydrogens is 542 g/mol. The highest BCUT2D eigenvalue weighted by Gasteiger charge is 2.42. The van der Waals surface area contributed by atoms with Gasteiger partial charge in [-0.2, -0.15) is 0 Å². The molecule has 0 radical (unpaired) electrons. The number of hydrogen-bond donors (Lipinski definition) is 2. The Kier molecular flexibility index (Phi) is 10.6. The summed E-state index contributed by atoms with van der Waals surface area (Å²) >= 11 is 0. The number of methoxy groups -OCH3 is 1. The quantitative estimate of drug-likeness (QED) is 0.289. The van der Waals surface area contributed by atoms with Crippen LogP contribution in [0.4, 0.5) is 10.5 Å². The van der Waals surface area contributed by atoms with Gasteiger partial charge in [0, 0.05) is 17.6 Å². The molecule has 3 aromatic rings. The lowest BCUT2D eigenvalue weighted by Gasteiger charge is -2.43. The van der Waals surface area contributed by atoms with Crippen LogP contribution in [0.1, 0.15) is 69.8 Å². The predicted octanol–water partition coefficient (Wildman–Crippen LogP) is 6.75. The second-order valence-corrected chi connectivity index (χ2v) is 12.7. The van der Waals surface area contributed by atoms with Crippen LogP contribution >= 0.6 is 0 Å². The summed E-state index contributed by atoms with van der Waals surface area (Å²) in [5.41, 5.74) is 2.57. The molecule has 0 bridgehead atoms. The van der Waals surface area contributed by atoms with E-state index in [4.69, 9.17) is 9.47 Å². The first kappa shape index (κ1) is 33.2. The Bertz CT molecular complexity index is 1410. The number of hydrogen-bond acceptors (Lipinski definition) is 5. The van der Waals surface area contributed by atoms with Crippen molar-refractivity contribution in [2.45, 2.75) is 85.0 Å². The van der Waals surface area contributed by atoms with Gasteiger partial charge in [-0.15, -0.1) is 0 Å². The minimum Gasteiger partial charge on any atom is -0.497 e. The zero-order valence-corrected chi connectivity index (χ0v) is 26.8. The summed E-state index contributed by atoms with van der Waals surface area (Å²) in [4.78, 5) is 43.4. The van der Waals surface area contributed by atoms with Crippen LogP contribution in [-0.4, -0.2) is 47.1 Å². The SMILES string of the molecule is COc1ccc(NC(=O)C(c2ccc(C)c(C)c2)N(C(=O)C(Cc2ccccc2)NC(=O)OC(C)(C)C)C(C)(C)C)cc1. The van der Waals surface area contributed by atoms with E-state index < -0.39 is 35.2 Å². The van der Waals surface area contributed by atoms with Crippen molar-refractivity contribution in [1.29, 1.82) is 0 Å². The predicted molar refractivity (Wildman–Crippen MR) is 170 cm³/mol. The number of aryl methyl sites for hydroxylation is 2. The molecule has 2 atom stereocenters. The monoisotopic (exact) mass is 587 g/mol. The molecule has 0 aromatic heterocycles. The van der Waals surface area contributed by atoms with Crippen LogP contribution in [0.15, 0.2) is 72.8 Å². The first-order valence-electron chi connectivity index (χ1n) is 14.5. The van der Waals surface area contributed by atoms with Gasteiger partial charge in [-0.3, -0.25) is 9.59 Å². The Labute approximate surface area is 255 Å². The van der Waals surface area contributed by atoms with E-state index in [2.05, 4.69) is 10.6 Å². The normalized spacial score (nSPS) is 13.0. The van der Waals surface area contributed by atoms with E-state index in [1.165, 1.54) is 0 Å². The van der Waals surface area contributed by atoms with Gasteiger partial charge >= 0.3 is 6.09 Å². The summed E-state index contributed by atoms with van der Waals surface area (Å²) in [5, 5.41) is 5.80. The first-order chi connectivity index (χ1) is 20.1. The molecule has 3 rings (SSSR count). The van der Waals surface area contributed by atoms with Crippen LogP contribution in [0, 0.1) is 13.8 Å². The van der Waals surface area contributed by atoms with Crippen LogP contribution in [-0.2, 0) is 20.7 Å². The van der Waals surface area contributed by atoms with Crippen molar-refractivity contribution >= 4 is 23.6 Å². The van der Waals surface area contributed by atoms with Gasteiger partial charge in [0.15, 0.2) is 0 Å². The molecule has 0 spiro atoms. The van der Waals surface area contributed by atoms with Crippen molar-refractivity contribution in [1.82, 2.24) is 10.2 Å². The Hall–Kier alpha value is -4.33. The van der Waals surface area contributed by atoms with Crippen molar-refractivity contribution < 1.29 is 23.9 Å². The molecule has 3 amide bonds. The highest BCUT2D eigenvalue weighted by molar-refractivity contribution is 5.99. The third-order valence-electron chi connectivity index (χ3n) is 6.94. The molecule has 0 aliphatic rings. The van der Waals surface area contributed by atoms with Crippen LogP contribution in [0.3, 0.4) is 0 Å². The standard InChI is InChI=1S/C35H45N3O5/c1-23-15-16-26(21-24(23)2)30(31(39)36-27-17-19-28(42-9)20-18-27)38(34(3,4)5)32(40)29(22-25-13-11-10-12-14-25)37-33(41)43-35(6,7)8/h10-21,29-30H,22H2,1-9H3,(H,36,39)(H,37,41). The van der Waals surface area contributed by atoms with E-state index in [0.29, 0.717) is 17.0 Å². The van der Waals surface area contributed by atoms with Gasteiger partial charge in [-0.05, 0) is 102 Å². The summed E-state index contributed by atoms with van der Waals surface area (Å²) in [7, 11) is 1.58. The Morgan fingerprint density at radius 1 is 0.837 bits per heavy atom. The smallest absolute Gasteiger partial charge is 0.408 e. The maximum Gasteiger partial charge on any atom is 0.408 e. The maximum atomic E-state index is 14.7. The molecule has 43 heavy (non-hydrogen) atoms. The van der Waals surface area contributed by atoms with Gasteiger partial charge in [0.2, 0.25) is 5.91 Å². The topological polar surface area (TPSA) is 97.0 Å². The Morgan fingerprint density at radius 3 is 2.00 bits per heavy atom. The lowest BCUT2D eigenvalue weighted by atomic mass is 9.92. The lowest BCUT2D eigenvalue weighted by molar-refractivity contribution is -0.146. The number of rotatable bonds is 9. The number of carbonyl (C=O) groups is 3. The zero-order valence-electron chi connectivity index (χ0n) is 26.8. The molecule has 0 saturated heterocycles. The summed E-state index contributed by atoms with van der Waals surface area (Å²) in [5.74, 6) is -0.130. The summed E-state index contributed by atoms with van der Waals surface area (Å²) in [6, 6.07) is 20.2. The average molecular weight is 588 g/mol. The van der Waals surface area contributed by atoms with Crippen molar-refractivity contribution in [2.75, 3.05) is 12.4 Å². The maximum absolute atomic E-state index is 14.7. The van der Waals surface area contributed by atoms with E-state index >= 15 is 0 Å². The van der Waals surface area contributed by atoms with E-state index in [0.717, 1.165) is 16.7 Å². The van der Waals surface area contributed by atoms with Gasteiger partial charge in [0.05, 0.1) is 7.11 Å². The highest BCUT2D eigenvalue weighted by Crippen LogP contribution is 2.32. The molecule has 2 unspecified atom stereocenters. The number of carbonyl (C=O) groups excluding carboxylic acids is 3. The summed E-state index contributed by atoms with van der Waals surface area (Å²) < 4.78 is 10.8. The number of alkyl carbamates (subject to hydrolysis) is 1. The van der Waals surface area contributed by atoms with Gasteiger partial charge < -0.3 is 25.0 Å². The Balaban J connectivity index is 2.11. The van der Waals surface area contributed by atoms with Gasteiger partial charge in [0.1, 0.15) is 23.4 Å². The molecular formula is C35H45N3O5. The number of nitrogens with zero attached hydrogens (tertiary/aromatic N) is 1. The van der Waals surface area contributed by atoms with Crippen LogP contribution in [0.5, 0.6) is 5.75 Å². The molecule has 0 aliphatic carbocycles. The Morgan fingerprint density at radius 2 is 1.47 bits per heavy atom. The molecule has 8 heteroatoms. The van der Waals surface area contributed by atoms with E-state index in [1.807, 2.05) is 83.1 Å². The van der Waals surface area contributed by atoms with Gasteiger partial charge in [0.25, 0.3) is 5.91 Å². The third kappa shape index (κ3) is 9.33. The second kappa shape index (κ2) is 13.8. The molecule has 0 fully saturated rings. The fourth-order valence-corrected chi connectivity index (χ4v) is 4.75. The first-order valence-corrected chi connectivity index (χ1v) is 14.5. The fourth-order valence-electron chi connectivity index (χ4n) is 4.75. The van der Waals surface area contributed by atoms with Crippen molar-refractivity contribution in [3.05, 3.63) is 95.1 Å². The fraction of sp³-hybridized carbons (Fsp3) is 0.400. The van der Waals surface area contributed by atoms with Crippen molar-refractivity contribution in [2.24, 2.45) is 0 Å². The van der Waals surface area contributed by atoms with E-state index in [9.17, 15) is 14.4 Å². The third-order valence-corrected chi connectivity index (χ3v) is 6.94. The molecule has 2 N–H and O–H groups in total.